The van der Waals surface area contributed by atoms with Gasteiger partial charge in [-0.3, -0.25) is 9.59 Å². The number of carbonyl (C=O) groups is 3. The van der Waals surface area contributed by atoms with Crippen LogP contribution in [-0.4, -0.2) is 38.2 Å². The molecule has 9 heteroatoms. The molecule has 0 aliphatic heterocycles. The monoisotopic (exact) mass is 475 g/mol. The number of hydrogen-bond donors (Lipinski definition) is 2. The number of aryl methyl sites for hydroxylation is 2. The number of hydrogen-bond acceptors (Lipinski definition) is 7. The molecule has 0 unspecified atom stereocenters. The molecule has 3 rings (SSSR count). The van der Waals surface area contributed by atoms with E-state index in [4.69, 9.17) is 14.2 Å². The zero-order valence-electron chi connectivity index (χ0n) is 19.7. The van der Waals surface area contributed by atoms with Crippen molar-refractivity contribution < 1.29 is 28.6 Å². The molecule has 35 heavy (non-hydrogen) atoms. The molecule has 0 saturated carbocycles. The van der Waals surface area contributed by atoms with Crippen LogP contribution in [0.2, 0.25) is 0 Å². The van der Waals surface area contributed by atoms with Crippen molar-refractivity contribution in [3.05, 3.63) is 82.9 Å². The Hall–Kier alpha value is -4.66. The first kappa shape index (κ1) is 25.0. The Kier molecular flexibility index (Phi) is 8.18. The number of anilines is 1. The fourth-order valence-electron chi connectivity index (χ4n) is 3.08. The maximum atomic E-state index is 12.4. The van der Waals surface area contributed by atoms with Gasteiger partial charge in [-0.1, -0.05) is 17.7 Å². The SMILES string of the molecule is COc1ccc(C(=O)Oc2ccc(/C=N/NC(=O)C(=O)Nc3ccc(C)cc3C)cc2OC)cc1. The van der Waals surface area contributed by atoms with E-state index in [-0.39, 0.29) is 11.5 Å². The summed E-state index contributed by atoms with van der Waals surface area (Å²) in [5.74, 6) is -1.20. The van der Waals surface area contributed by atoms with Crippen molar-refractivity contribution in [2.24, 2.45) is 5.10 Å². The molecule has 2 amide bonds. The lowest BCUT2D eigenvalue weighted by Crippen LogP contribution is -2.32. The minimum absolute atomic E-state index is 0.211. The second kappa shape index (κ2) is 11.5. The van der Waals surface area contributed by atoms with E-state index in [0.29, 0.717) is 22.6 Å². The Morgan fingerprint density at radius 2 is 1.57 bits per heavy atom. The Bertz CT molecular complexity index is 1270. The number of hydrazone groups is 1. The molecule has 0 aromatic heterocycles. The molecule has 0 spiro atoms. The third-order valence-electron chi connectivity index (χ3n) is 4.93. The molecular formula is C26H25N3O6. The summed E-state index contributed by atoms with van der Waals surface area (Å²) in [5, 5.41) is 6.36. The Balaban J connectivity index is 1.60. The van der Waals surface area contributed by atoms with E-state index >= 15 is 0 Å². The number of nitrogens with zero attached hydrogens (tertiary/aromatic N) is 1. The normalized spacial score (nSPS) is 10.5. The number of rotatable bonds is 7. The number of esters is 1. The predicted octanol–water partition coefficient (Wildman–Crippen LogP) is 3.63. The van der Waals surface area contributed by atoms with Crippen molar-refractivity contribution in [2.45, 2.75) is 13.8 Å². The van der Waals surface area contributed by atoms with Crippen LogP contribution in [0.25, 0.3) is 0 Å². The number of carbonyl (C=O) groups excluding carboxylic acids is 3. The van der Waals surface area contributed by atoms with E-state index in [1.807, 2.05) is 26.0 Å². The first-order chi connectivity index (χ1) is 16.8. The van der Waals surface area contributed by atoms with Crippen molar-refractivity contribution >= 4 is 29.7 Å². The second-order valence-corrected chi connectivity index (χ2v) is 7.50. The zero-order valence-corrected chi connectivity index (χ0v) is 19.7. The van der Waals surface area contributed by atoms with E-state index in [1.165, 1.54) is 26.5 Å². The lowest BCUT2D eigenvalue weighted by Gasteiger charge is -2.10. The van der Waals surface area contributed by atoms with Gasteiger partial charge in [0.2, 0.25) is 0 Å². The minimum Gasteiger partial charge on any atom is -0.497 e. The molecule has 180 valence electrons. The number of methoxy groups -OCH3 is 2. The summed E-state index contributed by atoms with van der Waals surface area (Å²) in [6.07, 6.45) is 1.33. The van der Waals surface area contributed by atoms with Crippen LogP contribution in [0.3, 0.4) is 0 Å². The highest BCUT2D eigenvalue weighted by Crippen LogP contribution is 2.28. The Morgan fingerprint density at radius 1 is 0.829 bits per heavy atom. The van der Waals surface area contributed by atoms with E-state index in [2.05, 4.69) is 15.8 Å². The molecule has 2 N–H and O–H groups in total. The molecule has 0 saturated heterocycles. The second-order valence-electron chi connectivity index (χ2n) is 7.50. The van der Waals surface area contributed by atoms with Gasteiger partial charge >= 0.3 is 17.8 Å². The lowest BCUT2D eigenvalue weighted by atomic mass is 10.1. The standard InChI is InChI=1S/C26H25N3O6/c1-16-5-11-21(17(2)13-16)28-24(30)25(31)29-27-15-18-6-12-22(23(14-18)34-4)35-26(32)19-7-9-20(33-3)10-8-19/h5-15H,1-4H3,(H,28,30)(H,29,31)/b27-15+. The van der Waals surface area contributed by atoms with Crippen LogP contribution in [0.1, 0.15) is 27.0 Å². The first-order valence-corrected chi connectivity index (χ1v) is 10.6. The average molecular weight is 476 g/mol. The van der Waals surface area contributed by atoms with Crippen LogP contribution >= 0.6 is 0 Å². The molecular weight excluding hydrogens is 450 g/mol. The zero-order chi connectivity index (χ0) is 25.4. The molecule has 9 nitrogen and oxygen atoms in total. The van der Waals surface area contributed by atoms with Crippen LogP contribution in [0.4, 0.5) is 5.69 Å². The van der Waals surface area contributed by atoms with Crippen LogP contribution in [0.15, 0.2) is 65.8 Å². The number of nitrogens with one attached hydrogen (secondary N) is 2. The fourth-order valence-corrected chi connectivity index (χ4v) is 3.08. The van der Waals surface area contributed by atoms with Gasteiger partial charge in [0, 0.05) is 5.69 Å². The molecule has 3 aromatic carbocycles. The third kappa shape index (κ3) is 6.67. The molecule has 0 aliphatic carbocycles. The summed E-state index contributed by atoms with van der Waals surface area (Å²) in [4.78, 5) is 36.6. The van der Waals surface area contributed by atoms with Crippen LogP contribution < -0.4 is 25.0 Å². The summed E-state index contributed by atoms with van der Waals surface area (Å²) < 4.78 is 15.8. The highest BCUT2D eigenvalue weighted by atomic mass is 16.6. The molecule has 0 atom stereocenters. The average Bonchev–Trinajstić information content (AvgIpc) is 2.86. The van der Waals surface area contributed by atoms with Gasteiger partial charge in [-0.15, -0.1) is 0 Å². The van der Waals surface area contributed by atoms with Gasteiger partial charge in [0.1, 0.15) is 5.75 Å². The summed E-state index contributed by atoms with van der Waals surface area (Å²) in [6, 6.07) is 16.7. The molecule has 0 fully saturated rings. The van der Waals surface area contributed by atoms with Crippen LogP contribution in [-0.2, 0) is 9.59 Å². The maximum Gasteiger partial charge on any atom is 0.343 e. The number of amides is 2. The van der Waals surface area contributed by atoms with Crippen LogP contribution in [0, 0.1) is 13.8 Å². The third-order valence-corrected chi connectivity index (χ3v) is 4.93. The van der Waals surface area contributed by atoms with Gasteiger partial charge in [-0.2, -0.15) is 5.10 Å². The Morgan fingerprint density at radius 3 is 2.23 bits per heavy atom. The van der Waals surface area contributed by atoms with E-state index in [0.717, 1.165) is 11.1 Å². The highest BCUT2D eigenvalue weighted by molar-refractivity contribution is 6.39. The largest absolute Gasteiger partial charge is 0.497 e. The van der Waals surface area contributed by atoms with Gasteiger partial charge in [-0.05, 0) is 73.5 Å². The van der Waals surface area contributed by atoms with Crippen molar-refractivity contribution in [3.63, 3.8) is 0 Å². The minimum atomic E-state index is -0.918. The summed E-state index contributed by atoms with van der Waals surface area (Å²) in [5.41, 5.74) is 5.50. The summed E-state index contributed by atoms with van der Waals surface area (Å²) in [6.45, 7) is 3.77. The fraction of sp³-hybridized carbons (Fsp3) is 0.154. The summed E-state index contributed by atoms with van der Waals surface area (Å²) >= 11 is 0. The molecule has 0 heterocycles. The van der Waals surface area contributed by atoms with Gasteiger partial charge in [0.15, 0.2) is 11.5 Å². The van der Waals surface area contributed by atoms with Crippen molar-refractivity contribution in [1.29, 1.82) is 0 Å². The Labute approximate surface area is 202 Å². The summed E-state index contributed by atoms with van der Waals surface area (Å²) in [7, 11) is 2.97. The van der Waals surface area contributed by atoms with Crippen LogP contribution in [0.5, 0.6) is 17.2 Å². The first-order valence-electron chi connectivity index (χ1n) is 10.6. The smallest absolute Gasteiger partial charge is 0.343 e. The van der Waals surface area contributed by atoms with Gasteiger partial charge in [0.25, 0.3) is 0 Å². The van der Waals surface area contributed by atoms with E-state index in [1.54, 1.807) is 42.5 Å². The topological polar surface area (TPSA) is 115 Å². The van der Waals surface area contributed by atoms with Crippen molar-refractivity contribution in [3.8, 4) is 17.2 Å². The van der Waals surface area contributed by atoms with Gasteiger partial charge < -0.3 is 19.5 Å². The molecule has 0 radical (unpaired) electrons. The molecule has 0 bridgehead atoms. The van der Waals surface area contributed by atoms with E-state index in [9.17, 15) is 14.4 Å². The highest BCUT2D eigenvalue weighted by Gasteiger charge is 2.15. The predicted molar refractivity (Wildman–Crippen MR) is 131 cm³/mol. The quantitative estimate of drug-likeness (QED) is 0.177. The van der Waals surface area contributed by atoms with Gasteiger partial charge in [-0.25, -0.2) is 10.2 Å². The lowest BCUT2D eigenvalue weighted by molar-refractivity contribution is -0.136. The van der Waals surface area contributed by atoms with Gasteiger partial charge in [0.05, 0.1) is 26.0 Å². The molecule has 0 aliphatic rings. The van der Waals surface area contributed by atoms with E-state index < -0.39 is 17.8 Å². The number of ether oxygens (including phenoxy) is 3. The maximum absolute atomic E-state index is 12.4. The van der Waals surface area contributed by atoms with Crippen molar-refractivity contribution in [2.75, 3.05) is 19.5 Å². The van der Waals surface area contributed by atoms with Crippen molar-refractivity contribution in [1.82, 2.24) is 5.43 Å². The number of benzene rings is 3. The molecule has 3 aromatic rings.